The zero-order valence-corrected chi connectivity index (χ0v) is 8.69. The molecule has 4 nitrogen and oxygen atoms in total. The first kappa shape index (κ1) is 11.3. The number of hydrogen-bond acceptors (Lipinski definition) is 4. The van der Waals surface area contributed by atoms with Gasteiger partial charge in [-0.05, 0) is 44.3 Å². The summed E-state index contributed by atoms with van der Waals surface area (Å²) in [4.78, 5) is 0. The van der Waals surface area contributed by atoms with Gasteiger partial charge in [0.1, 0.15) is 11.5 Å². The molecule has 0 aliphatic carbocycles. The van der Waals surface area contributed by atoms with Crippen molar-refractivity contribution in [2.24, 2.45) is 0 Å². The molecule has 0 aromatic heterocycles. The lowest BCUT2D eigenvalue weighted by Crippen LogP contribution is -2.11. The van der Waals surface area contributed by atoms with Gasteiger partial charge in [-0.25, -0.2) is 0 Å². The molecule has 0 atom stereocenters. The van der Waals surface area contributed by atoms with E-state index in [-0.39, 0.29) is 0 Å². The molecule has 1 rings (SSSR count). The summed E-state index contributed by atoms with van der Waals surface area (Å²) >= 11 is 0. The fourth-order valence-electron chi connectivity index (χ4n) is 1.10. The first-order valence-corrected chi connectivity index (χ1v) is 4.80. The molecule has 15 heavy (non-hydrogen) atoms. The van der Waals surface area contributed by atoms with Crippen molar-refractivity contribution in [3.63, 3.8) is 0 Å². The summed E-state index contributed by atoms with van der Waals surface area (Å²) in [6.45, 7) is 1.62. The summed E-state index contributed by atoms with van der Waals surface area (Å²) in [5.41, 5.74) is 0. The first-order valence-electron chi connectivity index (χ1n) is 4.80. The Labute approximate surface area is 89.4 Å². The predicted octanol–water partition coefficient (Wildman–Crippen LogP) is 1.53. The summed E-state index contributed by atoms with van der Waals surface area (Å²) in [5.74, 6) is 1.32. The Morgan fingerprint density at radius 2 is 1.93 bits per heavy atom. The minimum absolute atomic E-state index is 0.528. The van der Waals surface area contributed by atoms with Crippen LogP contribution in [0.3, 0.4) is 0 Å². The molecular formula is C11H14N2O2. The normalized spacial score (nSPS) is 9.33. The lowest BCUT2D eigenvalue weighted by atomic mass is 10.3. The predicted molar refractivity (Wildman–Crippen MR) is 56.7 cm³/mol. The molecule has 0 saturated heterocycles. The first-order chi connectivity index (χ1) is 7.36. The second-order valence-corrected chi connectivity index (χ2v) is 2.97. The lowest BCUT2D eigenvalue weighted by Gasteiger charge is -2.05. The molecule has 0 fully saturated rings. The van der Waals surface area contributed by atoms with Gasteiger partial charge in [-0.3, -0.25) is 0 Å². The van der Waals surface area contributed by atoms with Crippen molar-refractivity contribution in [3.05, 3.63) is 24.3 Å². The van der Waals surface area contributed by atoms with Gasteiger partial charge in [-0.1, -0.05) is 0 Å². The Bertz CT molecular complexity index is 316. The van der Waals surface area contributed by atoms with Crippen LogP contribution in [0.4, 0.5) is 0 Å². The average molecular weight is 206 g/mol. The van der Waals surface area contributed by atoms with Crippen LogP contribution >= 0.6 is 0 Å². The van der Waals surface area contributed by atoms with Gasteiger partial charge in [0.15, 0.2) is 0 Å². The van der Waals surface area contributed by atoms with E-state index in [1.165, 1.54) is 0 Å². The number of ether oxygens (including phenoxy) is 2. The number of nitrogens with one attached hydrogen (secondary N) is 1. The van der Waals surface area contributed by atoms with E-state index in [0.717, 1.165) is 18.7 Å². The van der Waals surface area contributed by atoms with Gasteiger partial charge < -0.3 is 14.8 Å². The summed E-state index contributed by atoms with van der Waals surface area (Å²) in [6.07, 6.45) is 2.58. The van der Waals surface area contributed by atoms with Crippen molar-refractivity contribution < 1.29 is 9.47 Å². The van der Waals surface area contributed by atoms with Gasteiger partial charge in [0, 0.05) is 0 Å². The van der Waals surface area contributed by atoms with Crippen molar-refractivity contribution in [2.45, 2.75) is 6.42 Å². The second kappa shape index (κ2) is 6.68. The van der Waals surface area contributed by atoms with E-state index in [1.807, 2.05) is 7.05 Å². The highest BCUT2D eigenvalue weighted by molar-refractivity contribution is 5.31. The minimum atomic E-state index is 0.528. The highest BCUT2D eigenvalue weighted by Gasteiger charge is 1.95. The molecule has 0 spiro atoms. The third-order valence-electron chi connectivity index (χ3n) is 1.83. The monoisotopic (exact) mass is 206 g/mol. The van der Waals surface area contributed by atoms with E-state index < -0.39 is 0 Å². The Kier molecular flexibility index (Phi) is 5.06. The Hall–Kier alpha value is -1.73. The van der Waals surface area contributed by atoms with Crippen LogP contribution < -0.4 is 14.8 Å². The zero-order valence-electron chi connectivity index (χ0n) is 8.69. The van der Waals surface area contributed by atoms with Crippen molar-refractivity contribution in [1.82, 2.24) is 5.32 Å². The SMILES string of the molecule is CNCCCOc1ccc(OC#N)cc1. The molecule has 80 valence electrons. The molecule has 0 unspecified atom stereocenters. The van der Waals surface area contributed by atoms with Gasteiger partial charge in [0.05, 0.1) is 6.61 Å². The standard InChI is InChI=1S/C11H14N2O2/c1-13-7-2-8-14-10-3-5-11(6-4-10)15-9-12/h3-6,13H,2,7-8H2,1H3. The largest absolute Gasteiger partial charge is 0.494 e. The van der Waals surface area contributed by atoms with E-state index in [1.54, 1.807) is 30.5 Å². The topological polar surface area (TPSA) is 54.3 Å². The molecule has 0 saturated carbocycles. The fraction of sp³-hybridized carbons (Fsp3) is 0.364. The Balaban J connectivity index is 2.33. The average Bonchev–Trinajstić information content (AvgIpc) is 2.27. The van der Waals surface area contributed by atoms with Gasteiger partial charge in [-0.2, -0.15) is 0 Å². The highest BCUT2D eigenvalue weighted by Crippen LogP contribution is 2.17. The highest BCUT2D eigenvalue weighted by atomic mass is 16.5. The molecule has 0 heterocycles. The molecule has 1 aromatic carbocycles. The fourth-order valence-corrected chi connectivity index (χ4v) is 1.10. The number of nitriles is 1. The number of hydrogen-bond donors (Lipinski definition) is 1. The Morgan fingerprint density at radius 1 is 1.27 bits per heavy atom. The molecule has 1 N–H and O–H groups in total. The third-order valence-corrected chi connectivity index (χ3v) is 1.83. The van der Waals surface area contributed by atoms with Crippen LogP contribution in [0.15, 0.2) is 24.3 Å². The third kappa shape index (κ3) is 4.34. The smallest absolute Gasteiger partial charge is 0.292 e. The zero-order chi connectivity index (χ0) is 10.9. The molecule has 0 aliphatic heterocycles. The summed E-state index contributed by atoms with van der Waals surface area (Å²) < 4.78 is 10.1. The van der Waals surface area contributed by atoms with Gasteiger partial charge in [0.2, 0.25) is 0 Å². The molecule has 4 heteroatoms. The van der Waals surface area contributed by atoms with Crippen molar-refractivity contribution in [3.8, 4) is 17.8 Å². The second-order valence-electron chi connectivity index (χ2n) is 2.97. The summed E-state index contributed by atoms with van der Waals surface area (Å²) in [5, 5.41) is 11.3. The molecule has 0 bridgehead atoms. The maximum absolute atomic E-state index is 8.28. The number of benzene rings is 1. The van der Waals surface area contributed by atoms with E-state index in [0.29, 0.717) is 12.4 Å². The van der Waals surface area contributed by atoms with Gasteiger partial charge in [0.25, 0.3) is 6.26 Å². The van der Waals surface area contributed by atoms with Crippen LogP contribution in [0.25, 0.3) is 0 Å². The summed E-state index contributed by atoms with van der Waals surface area (Å²) in [7, 11) is 1.91. The summed E-state index contributed by atoms with van der Waals surface area (Å²) in [6, 6.07) is 6.98. The Morgan fingerprint density at radius 3 is 2.53 bits per heavy atom. The van der Waals surface area contributed by atoms with Gasteiger partial charge >= 0.3 is 0 Å². The van der Waals surface area contributed by atoms with Crippen molar-refractivity contribution in [2.75, 3.05) is 20.2 Å². The maximum atomic E-state index is 8.28. The van der Waals surface area contributed by atoms with Crippen molar-refractivity contribution >= 4 is 0 Å². The quantitative estimate of drug-likeness (QED) is 0.566. The molecule has 1 aromatic rings. The molecule has 0 aliphatic rings. The molecule has 0 amide bonds. The number of rotatable bonds is 6. The maximum Gasteiger partial charge on any atom is 0.292 e. The number of nitrogens with zero attached hydrogens (tertiary/aromatic N) is 1. The van der Waals surface area contributed by atoms with E-state index in [9.17, 15) is 0 Å². The molecular weight excluding hydrogens is 192 g/mol. The van der Waals surface area contributed by atoms with Crippen LogP contribution in [0.1, 0.15) is 6.42 Å². The van der Waals surface area contributed by atoms with E-state index in [2.05, 4.69) is 10.1 Å². The van der Waals surface area contributed by atoms with Crippen LogP contribution in [0, 0.1) is 11.5 Å². The molecule has 0 radical (unpaired) electrons. The van der Waals surface area contributed by atoms with Gasteiger partial charge in [-0.15, -0.1) is 5.26 Å². The minimum Gasteiger partial charge on any atom is -0.494 e. The van der Waals surface area contributed by atoms with Crippen LogP contribution in [-0.4, -0.2) is 20.2 Å². The van der Waals surface area contributed by atoms with Crippen molar-refractivity contribution in [1.29, 1.82) is 5.26 Å². The van der Waals surface area contributed by atoms with E-state index in [4.69, 9.17) is 10.00 Å². The van der Waals surface area contributed by atoms with Crippen LogP contribution in [0.5, 0.6) is 11.5 Å². The lowest BCUT2D eigenvalue weighted by molar-refractivity contribution is 0.309. The van der Waals surface area contributed by atoms with E-state index >= 15 is 0 Å². The van der Waals surface area contributed by atoms with Crippen LogP contribution in [-0.2, 0) is 0 Å². The van der Waals surface area contributed by atoms with Crippen LogP contribution in [0.2, 0.25) is 0 Å².